The van der Waals surface area contributed by atoms with Gasteiger partial charge in [-0.05, 0) is 42.0 Å². The van der Waals surface area contributed by atoms with Crippen LogP contribution in [-0.4, -0.2) is 18.2 Å². The van der Waals surface area contributed by atoms with Gasteiger partial charge < -0.3 is 0 Å². The van der Waals surface area contributed by atoms with Crippen LogP contribution in [0.1, 0.15) is 5.56 Å². The van der Waals surface area contributed by atoms with E-state index < -0.39 is 15.8 Å². The van der Waals surface area contributed by atoms with Crippen LogP contribution in [0, 0.1) is 5.82 Å². The Hall–Kier alpha value is -2.38. The summed E-state index contributed by atoms with van der Waals surface area (Å²) < 4.78 is 41.3. The van der Waals surface area contributed by atoms with Gasteiger partial charge in [0.05, 0.1) is 11.4 Å². The zero-order chi connectivity index (χ0) is 17.2. The van der Waals surface area contributed by atoms with Crippen molar-refractivity contribution in [2.45, 2.75) is 11.4 Å². The molecule has 5 nitrogen and oxygen atoms in total. The third kappa shape index (κ3) is 3.93. The predicted molar refractivity (Wildman–Crippen MR) is 90.0 cm³/mol. The molecule has 3 aromatic rings. The maximum atomic E-state index is 12.9. The topological polar surface area (TPSA) is 64.0 Å². The molecule has 0 amide bonds. The lowest BCUT2D eigenvalue weighted by atomic mass is 10.2. The Morgan fingerprint density at radius 3 is 2.38 bits per heavy atom. The number of aromatic nitrogens is 2. The Bertz CT molecular complexity index is 938. The zero-order valence-corrected chi connectivity index (χ0v) is 13.9. The fourth-order valence-corrected chi connectivity index (χ4v) is 3.21. The van der Waals surface area contributed by atoms with Gasteiger partial charge in [-0.1, -0.05) is 23.7 Å². The molecule has 0 fully saturated rings. The minimum absolute atomic E-state index is 0.0313. The van der Waals surface area contributed by atoms with Crippen LogP contribution < -0.4 is 4.72 Å². The van der Waals surface area contributed by atoms with Crippen LogP contribution in [0.5, 0.6) is 0 Å². The number of hydrogen-bond donors (Lipinski definition) is 1. The van der Waals surface area contributed by atoms with Crippen molar-refractivity contribution in [2.75, 3.05) is 4.72 Å². The van der Waals surface area contributed by atoms with Crippen LogP contribution >= 0.6 is 11.6 Å². The molecule has 3 rings (SSSR count). The first-order chi connectivity index (χ1) is 11.4. The minimum Gasteiger partial charge on any atom is -0.266 e. The Morgan fingerprint density at radius 1 is 1.04 bits per heavy atom. The van der Waals surface area contributed by atoms with Gasteiger partial charge in [-0.2, -0.15) is 5.10 Å². The monoisotopic (exact) mass is 365 g/mol. The van der Waals surface area contributed by atoms with Crippen molar-refractivity contribution in [3.63, 3.8) is 0 Å². The molecule has 8 heteroatoms. The van der Waals surface area contributed by atoms with Crippen LogP contribution in [0.4, 0.5) is 10.2 Å². The molecule has 0 aliphatic heterocycles. The lowest BCUT2D eigenvalue weighted by Gasteiger charge is -2.05. The molecule has 0 bridgehead atoms. The number of rotatable bonds is 5. The van der Waals surface area contributed by atoms with Gasteiger partial charge in [0.2, 0.25) is 0 Å². The second-order valence-corrected chi connectivity index (χ2v) is 7.20. The Morgan fingerprint density at radius 2 is 1.71 bits per heavy atom. The summed E-state index contributed by atoms with van der Waals surface area (Å²) >= 11 is 5.84. The van der Waals surface area contributed by atoms with E-state index in [2.05, 4.69) is 9.82 Å². The number of anilines is 1. The van der Waals surface area contributed by atoms with E-state index in [4.69, 9.17) is 11.6 Å². The van der Waals surface area contributed by atoms with Gasteiger partial charge in [0.25, 0.3) is 10.0 Å². The van der Waals surface area contributed by atoms with E-state index in [1.807, 2.05) is 12.1 Å². The van der Waals surface area contributed by atoms with Crippen molar-refractivity contribution in [1.29, 1.82) is 0 Å². The van der Waals surface area contributed by atoms with E-state index in [0.717, 1.165) is 17.7 Å². The van der Waals surface area contributed by atoms with E-state index in [9.17, 15) is 12.8 Å². The normalized spacial score (nSPS) is 11.4. The predicted octanol–water partition coefficient (Wildman–Crippen LogP) is 3.52. The fraction of sp³-hybridized carbons (Fsp3) is 0.0625. The number of nitrogens with zero attached hydrogens (tertiary/aromatic N) is 2. The molecule has 0 saturated heterocycles. The minimum atomic E-state index is -3.81. The molecule has 2 aromatic carbocycles. The summed E-state index contributed by atoms with van der Waals surface area (Å²) in [6.07, 6.45) is 1.66. The van der Waals surface area contributed by atoms with E-state index in [0.29, 0.717) is 11.6 Å². The molecule has 0 spiro atoms. The highest BCUT2D eigenvalue weighted by molar-refractivity contribution is 7.92. The van der Waals surface area contributed by atoms with Gasteiger partial charge >= 0.3 is 0 Å². The second kappa shape index (κ2) is 6.62. The zero-order valence-electron chi connectivity index (χ0n) is 12.4. The summed E-state index contributed by atoms with van der Waals surface area (Å²) in [6.45, 7) is 0.482. The standard InChI is InChI=1S/C16H13ClFN3O2S/c17-13-3-1-12(2-4-13)11-21-10-9-16(19-21)20-24(22,23)15-7-5-14(18)6-8-15/h1-10H,11H2,(H,19,20). The first kappa shape index (κ1) is 16.5. The molecule has 1 aromatic heterocycles. The average Bonchev–Trinajstić information content (AvgIpc) is 2.96. The van der Waals surface area contributed by atoms with E-state index in [1.165, 1.54) is 12.1 Å². The largest absolute Gasteiger partial charge is 0.266 e. The third-order valence-corrected chi connectivity index (χ3v) is 4.88. The number of benzene rings is 2. The quantitative estimate of drug-likeness (QED) is 0.752. The molecule has 0 saturated carbocycles. The highest BCUT2D eigenvalue weighted by Gasteiger charge is 2.15. The Kier molecular flexibility index (Phi) is 4.55. The number of hydrogen-bond acceptors (Lipinski definition) is 3. The molecule has 24 heavy (non-hydrogen) atoms. The molecule has 1 N–H and O–H groups in total. The average molecular weight is 366 g/mol. The summed E-state index contributed by atoms with van der Waals surface area (Å²) in [5.41, 5.74) is 0.982. The summed E-state index contributed by atoms with van der Waals surface area (Å²) in [5.74, 6) is -0.311. The smallest absolute Gasteiger partial charge is 0.263 e. The molecular weight excluding hydrogens is 353 g/mol. The van der Waals surface area contributed by atoms with Crippen LogP contribution in [-0.2, 0) is 16.6 Å². The van der Waals surface area contributed by atoms with Crippen LogP contribution in [0.2, 0.25) is 5.02 Å². The summed E-state index contributed by atoms with van der Waals surface area (Å²) in [5, 5.41) is 4.82. The summed E-state index contributed by atoms with van der Waals surface area (Å²) in [6, 6.07) is 13.4. The van der Waals surface area contributed by atoms with Gasteiger partial charge in [0.15, 0.2) is 5.82 Å². The highest BCUT2D eigenvalue weighted by atomic mass is 35.5. The second-order valence-electron chi connectivity index (χ2n) is 5.08. The van der Waals surface area contributed by atoms with Crippen molar-refractivity contribution in [2.24, 2.45) is 0 Å². The van der Waals surface area contributed by atoms with Gasteiger partial charge in [-0.3, -0.25) is 9.40 Å². The first-order valence-corrected chi connectivity index (χ1v) is 8.85. The van der Waals surface area contributed by atoms with E-state index >= 15 is 0 Å². The summed E-state index contributed by atoms with van der Waals surface area (Å²) in [7, 11) is -3.81. The van der Waals surface area contributed by atoms with Gasteiger partial charge in [-0.15, -0.1) is 0 Å². The maximum Gasteiger partial charge on any atom is 0.263 e. The number of halogens is 2. The lowest BCUT2D eigenvalue weighted by Crippen LogP contribution is -2.13. The lowest BCUT2D eigenvalue weighted by molar-refractivity contribution is 0.599. The number of nitrogens with one attached hydrogen (secondary N) is 1. The molecular formula is C16H13ClFN3O2S. The van der Waals surface area contributed by atoms with Crippen molar-refractivity contribution < 1.29 is 12.8 Å². The molecule has 1 heterocycles. The van der Waals surface area contributed by atoms with Gasteiger partial charge in [0, 0.05) is 17.3 Å². The molecule has 0 aliphatic carbocycles. The highest BCUT2D eigenvalue weighted by Crippen LogP contribution is 2.16. The fourth-order valence-electron chi connectivity index (χ4n) is 2.09. The molecule has 124 valence electrons. The van der Waals surface area contributed by atoms with Crippen LogP contribution in [0.15, 0.2) is 65.7 Å². The Labute approximate surface area is 143 Å². The number of sulfonamides is 1. The van der Waals surface area contributed by atoms with Crippen LogP contribution in [0.25, 0.3) is 0 Å². The molecule has 0 atom stereocenters. The SMILES string of the molecule is O=S(=O)(Nc1ccn(Cc2ccc(Cl)cc2)n1)c1ccc(F)cc1. The van der Waals surface area contributed by atoms with Crippen molar-refractivity contribution >= 4 is 27.4 Å². The van der Waals surface area contributed by atoms with E-state index in [1.54, 1.807) is 29.1 Å². The maximum absolute atomic E-state index is 12.9. The molecule has 0 aliphatic rings. The van der Waals surface area contributed by atoms with Crippen molar-refractivity contribution in [3.8, 4) is 0 Å². The van der Waals surface area contributed by atoms with E-state index in [-0.39, 0.29) is 10.7 Å². The van der Waals surface area contributed by atoms with Crippen LogP contribution in [0.3, 0.4) is 0 Å². The molecule has 0 unspecified atom stereocenters. The van der Waals surface area contributed by atoms with Crippen molar-refractivity contribution in [1.82, 2.24) is 9.78 Å². The van der Waals surface area contributed by atoms with Crippen molar-refractivity contribution in [3.05, 3.63) is 77.2 Å². The van der Waals surface area contributed by atoms with Gasteiger partial charge in [-0.25, -0.2) is 12.8 Å². The first-order valence-electron chi connectivity index (χ1n) is 6.99. The molecule has 0 radical (unpaired) electrons. The third-order valence-electron chi connectivity index (χ3n) is 3.26. The summed E-state index contributed by atoms with van der Waals surface area (Å²) in [4.78, 5) is -0.0313. The van der Waals surface area contributed by atoms with Gasteiger partial charge in [0.1, 0.15) is 5.82 Å². The Balaban J connectivity index is 1.73.